The predicted molar refractivity (Wildman–Crippen MR) is 108 cm³/mol. The summed E-state index contributed by atoms with van der Waals surface area (Å²) < 4.78 is 28.1. The molecule has 6 heteroatoms. The Hall–Kier alpha value is -2.86. The molecule has 0 bridgehead atoms. The van der Waals surface area contributed by atoms with E-state index in [-0.39, 0.29) is 11.9 Å². The average Bonchev–Trinajstić information content (AvgIpc) is 2.70. The summed E-state index contributed by atoms with van der Waals surface area (Å²) in [5.74, 6) is 2.08. The molecule has 0 saturated carbocycles. The van der Waals surface area contributed by atoms with Gasteiger partial charge in [-0.1, -0.05) is 12.1 Å². The van der Waals surface area contributed by atoms with Crippen molar-refractivity contribution in [1.29, 1.82) is 0 Å². The van der Waals surface area contributed by atoms with Gasteiger partial charge in [0.1, 0.15) is 12.2 Å². The van der Waals surface area contributed by atoms with Crippen LogP contribution in [-0.4, -0.2) is 39.6 Å². The molecule has 0 saturated heterocycles. The standard InChI is InChI=1S/C22H28O6/c1-7-8-15-11-19(25-4)22(20(12-15)26-5)28-14(2)21(27-6)16-9-10-17(23)18(13-16)24-3/h7,9-14,21,23H,1,8H2,2-6H3/t14-,21-/m0/s1. The van der Waals surface area contributed by atoms with Crippen molar-refractivity contribution in [1.82, 2.24) is 0 Å². The molecule has 0 aromatic heterocycles. The minimum atomic E-state index is -0.406. The summed E-state index contributed by atoms with van der Waals surface area (Å²) in [4.78, 5) is 0. The largest absolute Gasteiger partial charge is 0.504 e. The first kappa shape index (κ1) is 21.4. The van der Waals surface area contributed by atoms with Crippen LogP contribution in [0, 0.1) is 0 Å². The highest BCUT2D eigenvalue weighted by atomic mass is 16.6. The Morgan fingerprint density at radius 2 is 1.57 bits per heavy atom. The predicted octanol–water partition coefficient (Wildman–Crippen LogP) is 4.30. The molecule has 0 amide bonds. The third kappa shape index (κ3) is 4.70. The lowest BCUT2D eigenvalue weighted by molar-refractivity contribution is 0.00727. The van der Waals surface area contributed by atoms with E-state index in [0.717, 1.165) is 11.1 Å². The molecule has 0 heterocycles. The normalized spacial score (nSPS) is 12.8. The lowest BCUT2D eigenvalue weighted by Crippen LogP contribution is -2.24. The van der Waals surface area contributed by atoms with E-state index < -0.39 is 6.10 Å². The SMILES string of the molecule is C=CCc1cc(OC)c(O[C@@H](C)[C@H](OC)c2ccc(O)c(OC)c2)c(OC)c1. The summed E-state index contributed by atoms with van der Waals surface area (Å²) in [5, 5.41) is 9.83. The van der Waals surface area contributed by atoms with E-state index in [1.54, 1.807) is 39.5 Å². The van der Waals surface area contributed by atoms with Gasteiger partial charge >= 0.3 is 0 Å². The number of rotatable bonds is 10. The maximum Gasteiger partial charge on any atom is 0.203 e. The Bertz CT molecular complexity index is 777. The fraction of sp³-hybridized carbons (Fsp3) is 0.364. The minimum Gasteiger partial charge on any atom is -0.504 e. The zero-order valence-electron chi connectivity index (χ0n) is 17.0. The van der Waals surface area contributed by atoms with E-state index in [9.17, 15) is 5.11 Å². The number of methoxy groups -OCH3 is 4. The van der Waals surface area contributed by atoms with Crippen LogP contribution in [0.1, 0.15) is 24.2 Å². The molecule has 6 nitrogen and oxygen atoms in total. The molecule has 0 unspecified atom stereocenters. The van der Waals surface area contributed by atoms with Gasteiger partial charge in [-0.3, -0.25) is 0 Å². The van der Waals surface area contributed by atoms with Crippen LogP contribution in [0.5, 0.6) is 28.7 Å². The molecule has 2 aromatic carbocycles. The number of ether oxygens (including phenoxy) is 5. The molecule has 1 N–H and O–H groups in total. The molecular weight excluding hydrogens is 360 g/mol. The molecule has 28 heavy (non-hydrogen) atoms. The maximum absolute atomic E-state index is 9.83. The number of aromatic hydroxyl groups is 1. The zero-order chi connectivity index (χ0) is 20.7. The van der Waals surface area contributed by atoms with Crippen molar-refractivity contribution >= 4 is 0 Å². The lowest BCUT2D eigenvalue weighted by atomic mass is 10.0. The Kier molecular flexibility index (Phi) is 7.58. The highest BCUT2D eigenvalue weighted by Crippen LogP contribution is 2.41. The first-order valence-electron chi connectivity index (χ1n) is 8.91. The summed E-state index contributed by atoms with van der Waals surface area (Å²) in [6.45, 7) is 5.66. The molecule has 0 aliphatic carbocycles. The van der Waals surface area contributed by atoms with E-state index >= 15 is 0 Å². The van der Waals surface area contributed by atoms with Gasteiger partial charge in [-0.15, -0.1) is 6.58 Å². The molecule has 0 aliphatic rings. The number of phenols is 1. The minimum absolute atomic E-state index is 0.0656. The molecule has 2 atom stereocenters. The molecule has 0 fully saturated rings. The third-order valence-corrected chi connectivity index (χ3v) is 4.42. The molecule has 0 aliphatic heterocycles. The topological polar surface area (TPSA) is 66.4 Å². The van der Waals surface area contributed by atoms with Crippen LogP contribution in [0.3, 0.4) is 0 Å². The van der Waals surface area contributed by atoms with Crippen LogP contribution in [0.2, 0.25) is 0 Å². The fourth-order valence-electron chi connectivity index (χ4n) is 3.05. The monoisotopic (exact) mass is 388 g/mol. The Morgan fingerprint density at radius 3 is 2.07 bits per heavy atom. The van der Waals surface area contributed by atoms with Crippen LogP contribution < -0.4 is 18.9 Å². The van der Waals surface area contributed by atoms with Crippen LogP contribution in [0.15, 0.2) is 43.0 Å². The quantitative estimate of drug-likeness (QED) is 0.612. The fourth-order valence-corrected chi connectivity index (χ4v) is 3.05. The molecule has 2 rings (SSSR count). The van der Waals surface area contributed by atoms with Gasteiger partial charge in [-0.2, -0.15) is 0 Å². The summed E-state index contributed by atoms with van der Waals surface area (Å²) in [6.07, 6.45) is 1.72. The zero-order valence-corrected chi connectivity index (χ0v) is 17.0. The molecule has 152 valence electrons. The number of phenolic OH excluding ortho intramolecular Hbond substituents is 1. The van der Waals surface area contributed by atoms with Gasteiger partial charge in [0, 0.05) is 7.11 Å². The van der Waals surface area contributed by atoms with E-state index in [1.165, 1.54) is 7.11 Å². The second-order valence-electron chi connectivity index (χ2n) is 6.23. The van der Waals surface area contributed by atoms with Crippen LogP contribution in [0.25, 0.3) is 0 Å². The Morgan fingerprint density at radius 1 is 0.964 bits per heavy atom. The molecule has 0 radical (unpaired) electrons. The smallest absolute Gasteiger partial charge is 0.203 e. The summed E-state index contributed by atoms with van der Waals surface area (Å²) >= 11 is 0. The van der Waals surface area contributed by atoms with Crippen LogP contribution in [-0.2, 0) is 11.2 Å². The number of benzene rings is 2. The molecule has 0 spiro atoms. The van der Waals surface area contributed by atoms with E-state index in [2.05, 4.69) is 6.58 Å². The van der Waals surface area contributed by atoms with Crippen molar-refractivity contribution in [2.24, 2.45) is 0 Å². The summed E-state index contributed by atoms with van der Waals surface area (Å²) in [7, 11) is 6.28. The number of allylic oxidation sites excluding steroid dienone is 1. The van der Waals surface area contributed by atoms with E-state index in [1.807, 2.05) is 25.1 Å². The number of hydrogen-bond acceptors (Lipinski definition) is 6. The van der Waals surface area contributed by atoms with Gasteiger partial charge in [0.15, 0.2) is 23.0 Å². The van der Waals surface area contributed by atoms with Gasteiger partial charge in [0.05, 0.1) is 21.3 Å². The van der Waals surface area contributed by atoms with Crippen molar-refractivity contribution in [3.8, 4) is 28.7 Å². The third-order valence-electron chi connectivity index (χ3n) is 4.42. The van der Waals surface area contributed by atoms with E-state index in [4.69, 9.17) is 23.7 Å². The van der Waals surface area contributed by atoms with Crippen LogP contribution in [0.4, 0.5) is 0 Å². The van der Waals surface area contributed by atoms with Crippen molar-refractivity contribution in [2.75, 3.05) is 28.4 Å². The number of hydrogen-bond donors (Lipinski definition) is 1. The maximum atomic E-state index is 9.83. The second kappa shape index (κ2) is 9.90. The first-order chi connectivity index (χ1) is 13.5. The van der Waals surface area contributed by atoms with Crippen molar-refractivity contribution < 1.29 is 28.8 Å². The van der Waals surface area contributed by atoms with Gasteiger partial charge in [0.25, 0.3) is 0 Å². The van der Waals surface area contributed by atoms with Gasteiger partial charge in [0.2, 0.25) is 5.75 Å². The molecule has 2 aromatic rings. The van der Waals surface area contributed by atoms with Gasteiger partial charge in [-0.05, 0) is 48.7 Å². The van der Waals surface area contributed by atoms with Gasteiger partial charge < -0.3 is 28.8 Å². The highest BCUT2D eigenvalue weighted by molar-refractivity contribution is 5.54. The second-order valence-corrected chi connectivity index (χ2v) is 6.23. The molecular formula is C22H28O6. The van der Waals surface area contributed by atoms with E-state index in [0.29, 0.717) is 29.4 Å². The highest BCUT2D eigenvalue weighted by Gasteiger charge is 2.25. The Balaban J connectivity index is 2.36. The van der Waals surface area contributed by atoms with Crippen molar-refractivity contribution in [3.05, 3.63) is 54.1 Å². The summed E-state index contributed by atoms with van der Waals surface area (Å²) in [5.41, 5.74) is 1.82. The summed E-state index contributed by atoms with van der Waals surface area (Å²) in [6, 6.07) is 8.87. The van der Waals surface area contributed by atoms with Crippen molar-refractivity contribution in [3.63, 3.8) is 0 Å². The lowest BCUT2D eigenvalue weighted by Gasteiger charge is -2.26. The Labute approximate surface area is 166 Å². The van der Waals surface area contributed by atoms with Gasteiger partial charge in [-0.25, -0.2) is 0 Å². The van der Waals surface area contributed by atoms with Crippen LogP contribution >= 0.6 is 0 Å². The average molecular weight is 388 g/mol. The first-order valence-corrected chi connectivity index (χ1v) is 8.91. The van der Waals surface area contributed by atoms with Crippen molar-refractivity contribution in [2.45, 2.75) is 25.6 Å².